The van der Waals surface area contributed by atoms with Gasteiger partial charge in [0.2, 0.25) is 0 Å². The van der Waals surface area contributed by atoms with Crippen molar-refractivity contribution in [1.82, 2.24) is 4.98 Å². The number of fused-ring (bicyclic) bond motifs is 1. The summed E-state index contributed by atoms with van der Waals surface area (Å²) in [6.07, 6.45) is 4.53. The highest BCUT2D eigenvalue weighted by Crippen LogP contribution is 2.17. The SMILES string of the molecule is N#Cc1ccccc1NC(=O)COC(=O)/C=C/c1cccc2cccnc12. The zero-order valence-electron chi connectivity index (χ0n) is 14.3. The molecule has 0 bridgehead atoms. The molecule has 1 aromatic heterocycles. The van der Waals surface area contributed by atoms with E-state index in [2.05, 4.69) is 10.3 Å². The Balaban J connectivity index is 1.58. The van der Waals surface area contributed by atoms with Crippen LogP contribution in [-0.4, -0.2) is 23.5 Å². The highest BCUT2D eigenvalue weighted by Gasteiger charge is 2.08. The van der Waals surface area contributed by atoms with Gasteiger partial charge in [0.1, 0.15) is 6.07 Å². The van der Waals surface area contributed by atoms with E-state index < -0.39 is 18.5 Å². The first-order valence-corrected chi connectivity index (χ1v) is 8.15. The first-order valence-electron chi connectivity index (χ1n) is 8.15. The monoisotopic (exact) mass is 357 g/mol. The molecule has 0 atom stereocenters. The number of carbonyl (C=O) groups excluding carboxylic acids is 2. The van der Waals surface area contributed by atoms with E-state index in [1.165, 1.54) is 6.08 Å². The van der Waals surface area contributed by atoms with E-state index in [9.17, 15) is 9.59 Å². The average Bonchev–Trinajstić information content (AvgIpc) is 2.71. The summed E-state index contributed by atoms with van der Waals surface area (Å²) in [4.78, 5) is 28.1. The van der Waals surface area contributed by atoms with E-state index >= 15 is 0 Å². The van der Waals surface area contributed by atoms with E-state index in [4.69, 9.17) is 10.00 Å². The van der Waals surface area contributed by atoms with Crippen molar-refractivity contribution in [2.75, 3.05) is 11.9 Å². The number of nitrogens with one attached hydrogen (secondary N) is 1. The molecule has 132 valence electrons. The number of carbonyl (C=O) groups is 2. The van der Waals surface area contributed by atoms with Crippen molar-refractivity contribution in [3.05, 3.63) is 78.0 Å². The number of nitrogens with zero attached hydrogens (tertiary/aromatic N) is 2. The van der Waals surface area contributed by atoms with Gasteiger partial charge in [0.05, 0.1) is 16.8 Å². The van der Waals surface area contributed by atoms with Gasteiger partial charge in [-0.25, -0.2) is 4.79 Å². The molecule has 2 aromatic carbocycles. The van der Waals surface area contributed by atoms with Crippen molar-refractivity contribution in [3.8, 4) is 6.07 Å². The Morgan fingerprint density at radius 2 is 1.93 bits per heavy atom. The summed E-state index contributed by atoms with van der Waals surface area (Å²) >= 11 is 0. The summed E-state index contributed by atoms with van der Waals surface area (Å²) < 4.78 is 4.94. The number of aromatic nitrogens is 1. The van der Waals surface area contributed by atoms with E-state index in [0.717, 1.165) is 16.5 Å². The van der Waals surface area contributed by atoms with Crippen molar-refractivity contribution < 1.29 is 14.3 Å². The second-order valence-corrected chi connectivity index (χ2v) is 5.57. The fourth-order valence-corrected chi connectivity index (χ4v) is 2.48. The van der Waals surface area contributed by atoms with Crippen LogP contribution in [0.2, 0.25) is 0 Å². The van der Waals surface area contributed by atoms with Crippen LogP contribution in [0.25, 0.3) is 17.0 Å². The Morgan fingerprint density at radius 3 is 2.78 bits per heavy atom. The summed E-state index contributed by atoms with van der Waals surface area (Å²) in [5.74, 6) is -1.17. The number of anilines is 1. The van der Waals surface area contributed by atoms with Crippen molar-refractivity contribution in [1.29, 1.82) is 5.26 Å². The Kier molecular flexibility index (Phi) is 5.55. The summed E-state index contributed by atoms with van der Waals surface area (Å²) in [6.45, 7) is -0.448. The largest absolute Gasteiger partial charge is 0.452 e. The van der Waals surface area contributed by atoms with Gasteiger partial charge in [0, 0.05) is 23.2 Å². The number of benzene rings is 2. The molecule has 6 nitrogen and oxygen atoms in total. The maximum atomic E-state index is 11.9. The number of esters is 1. The molecule has 0 saturated carbocycles. The summed E-state index contributed by atoms with van der Waals surface area (Å²) in [6, 6.07) is 18.0. The van der Waals surface area contributed by atoms with Gasteiger partial charge in [-0.05, 0) is 24.3 Å². The minimum absolute atomic E-state index is 0.334. The highest BCUT2D eigenvalue weighted by atomic mass is 16.5. The minimum atomic E-state index is -0.647. The van der Waals surface area contributed by atoms with Gasteiger partial charge in [-0.1, -0.05) is 36.4 Å². The van der Waals surface area contributed by atoms with Gasteiger partial charge >= 0.3 is 5.97 Å². The van der Waals surface area contributed by atoms with Crippen LogP contribution in [-0.2, 0) is 14.3 Å². The lowest BCUT2D eigenvalue weighted by atomic mass is 10.1. The first kappa shape index (κ1) is 17.8. The summed E-state index contributed by atoms with van der Waals surface area (Å²) in [7, 11) is 0. The Labute approximate surface area is 155 Å². The zero-order chi connectivity index (χ0) is 19.1. The fourth-order valence-electron chi connectivity index (χ4n) is 2.48. The smallest absolute Gasteiger partial charge is 0.331 e. The molecule has 0 spiro atoms. The fraction of sp³-hybridized carbons (Fsp3) is 0.0476. The van der Waals surface area contributed by atoms with Crippen molar-refractivity contribution in [2.24, 2.45) is 0 Å². The molecule has 0 radical (unpaired) electrons. The van der Waals surface area contributed by atoms with Crippen LogP contribution < -0.4 is 5.32 Å². The van der Waals surface area contributed by atoms with E-state index in [-0.39, 0.29) is 0 Å². The van der Waals surface area contributed by atoms with Gasteiger partial charge in [0.15, 0.2) is 6.61 Å². The second kappa shape index (κ2) is 8.41. The van der Waals surface area contributed by atoms with Crippen LogP contribution >= 0.6 is 0 Å². The third-order valence-electron chi connectivity index (χ3n) is 3.73. The lowest BCUT2D eigenvalue weighted by Gasteiger charge is -2.06. The molecule has 0 unspecified atom stereocenters. The molecule has 6 heteroatoms. The van der Waals surface area contributed by atoms with Gasteiger partial charge in [-0.15, -0.1) is 0 Å². The maximum Gasteiger partial charge on any atom is 0.331 e. The van der Waals surface area contributed by atoms with Crippen molar-refractivity contribution >= 4 is 34.5 Å². The quantitative estimate of drug-likeness (QED) is 0.559. The predicted molar refractivity (Wildman–Crippen MR) is 102 cm³/mol. The number of hydrogen-bond donors (Lipinski definition) is 1. The number of rotatable bonds is 5. The number of pyridine rings is 1. The average molecular weight is 357 g/mol. The second-order valence-electron chi connectivity index (χ2n) is 5.57. The van der Waals surface area contributed by atoms with Crippen molar-refractivity contribution in [3.63, 3.8) is 0 Å². The molecule has 0 aliphatic carbocycles. The molecule has 0 saturated heterocycles. The third kappa shape index (κ3) is 4.55. The summed E-state index contributed by atoms with van der Waals surface area (Å²) in [5, 5.41) is 12.5. The lowest BCUT2D eigenvalue weighted by Crippen LogP contribution is -2.20. The first-order chi connectivity index (χ1) is 13.2. The molecule has 0 fully saturated rings. The zero-order valence-corrected chi connectivity index (χ0v) is 14.3. The number of amides is 1. The predicted octanol–water partition coefficient (Wildman–Crippen LogP) is 3.30. The number of nitriles is 1. The Bertz CT molecular complexity index is 1060. The molecular formula is C21H15N3O3. The lowest BCUT2D eigenvalue weighted by molar-refractivity contribution is -0.142. The molecule has 0 aliphatic rings. The van der Waals surface area contributed by atoms with E-state index in [0.29, 0.717) is 11.3 Å². The molecular weight excluding hydrogens is 342 g/mol. The molecule has 3 rings (SSSR count). The third-order valence-corrected chi connectivity index (χ3v) is 3.73. The molecule has 1 heterocycles. The van der Waals surface area contributed by atoms with Crippen LogP contribution in [0, 0.1) is 11.3 Å². The van der Waals surface area contributed by atoms with Gasteiger partial charge in [0.25, 0.3) is 5.91 Å². The van der Waals surface area contributed by atoms with Gasteiger partial charge in [-0.3, -0.25) is 9.78 Å². The topological polar surface area (TPSA) is 92.1 Å². The van der Waals surface area contributed by atoms with Gasteiger partial charge < -0.3 is 10.1 Å². The molecule has 1 N–H and O–H groups in total. The van der Waals surface area contributed by atoms with Crippen LogP contribution in [0.1, 0.15) is 11.1 Å². The highest BCUT2D eigenvalue weighted by molar-refractivity contribution is 5.96. The number of para-hydroxylation sites is 2. The number of ether oxygens (including phenoxy) is 1. The van der Waals surface area contributed by atoms with E-state index in [1.54, 1.807) is 36.5 Å². The molecule has 1 amide bonds. The minimum Gasteiger partial charge on any atom is -0.452 e. The molecule has 3 aromatic rings. The Hall–Kier alpha value is -3.98. The summed E-state index contributed by atoms with van der Waals surface area (Å²) in [5.41, 5.74) is 2.26. The number of hydrogen-bond acceptors (Lipinski definition) is 5. The van der Waals surface area contributed by atoms with Crippen LogP contribution in [0.15, 0.2) is 66.9 Å². The Morgan fingerprint density at radius 1 is 1.11 bits per heavy atom. The van der Waals surface area contributed by atoms with Crippen LogP contribution in [0.4, 0.5) is 5.69 Å². The normalized spacial score (nSPS) is 10.5. The maximum absolute atomic E-state index is 11.9. The molecule has 27 heavy (non-hydrogen) atoms. The molecule has 0 aliphatic heterocycles. The van der Waals surface area contributed by atoms with Crippen LogP contribution in [0.3, 0.4) is 0 Å². The van der Waals surface area contributed by atoms with Crippen molar-refractivity contribution in [2.45, 2.75) is 0 Å². The van der Waals surface area contributed by atoms with Crippen LogP contribution in [0.5, 0.6) is 0 Å². The van der Waals surface area contributed by atoms with E-state index in [1.807, 2.05) is 36.4 Å². The standard InChI is InChI=1S/C21H15N3O3/c22-13-17-5-1-2-9-18(17)24-19(25)14-27-20(26)11-10-16-7-3-6-15-8-4-12-23-21(15)16/h1-12H,14H2,(H,24,25)/b11-10+. The van der Waals surface area contributed by atoms with Gasteiger partial charge in [-0.2, -0.15) is 5.26 Å².